The van der Waals surface area contributed by atoms with Crippen LogP contribution in [0.15, 0.2) is 36.4 Å². The van der Waals surface area contributed by atoms with E-state index in [0.717, 1.165) is 12.8 Å². The van der Waals surface area contributed by atoms with Crippen molar-refractivity contribution < 1.29 is 22.7 Å². The van der Waals surface area contributed by atoms with Crippen molar-refractivity contribution >= 4 is 23.3 Å². The van der Waals surface area contributed by atoms with Crippen LogP contribution in [0, 0.1) is 5.92 Å². The number of anilines is 1. The zero-order valence-corrected chi connectivity index (χ0v) is 13.0. The first-order valence-corrected chi connectivity index (χ1v) is 7.52. The summed E-state index contributed by atoms with van der Waals surface area (Å²) in [5.74, 6) is -0.0867. The number of pyridine rings is 1. The topological polar surface area (TPSA) is 51.2 Å². The van der Waals surface area contributed by atoms with Gasteiger partial charge >= 0.3 is 6.36 Å². The second-order valence-corrected chi connectivity index (χ2v) is 5.79. The smallest absolute Gasteiger partial charge is 0.406 e. The zero-order chi connectivity index (χ0) is 17.3. The molecule has 0 unspecified atom stereocenters. The van der Waals surface area contributed by atoms with E-state index in [9.17, 15) is 18.0 Å². The van der Waals surface area contributed by atoms with Gasteiger partial charge in [0.1, 0.15) is 16.7 Å². The quantitative estimate of drug-likeness (QED) is 0.811. The number of nitrogens with zero attached hydrogens (tertiary/aromatic N) is 1. The Labute approximate surface area is 140 Å². The summed E-state index contributed by atoms with van der Waals surface area (Å²) in [6.07, 6.45) is -3.01. The summed E-state index contributed by atoms with van der Waals surface area (Å²) in [6.45, 7) is 0. The predicted molar refractivity (Wildman–Crippen MR) is 82.7 cm³/mol. The third-order valence-corrected chi connectivity index (χ3v) is 3.61. The second kappa shape index (κ2) is 6.32. The molecule has 0 bridgehead atoms. The Morgan fingerprint density at radius 1 is 1.17 bits per heavy atom. The SMILES string of the molecule is O=C(Nc1cc(-c2ccc(OC(F)(F)F)cc2)cc(Cl)n1)C1CC1. The van der Waals surface area contributed by atoms with Gasteiger partial charge < -0.3 is 10.1 Å². The summed E-state index contributed by atoms with van der Waals surface area (Å²) in [7, 11) is 0. The highest BCUT2D eigenvalue weighted by Crippen LogP contribution is 2.32. The van der Waals surface area contributed by atoms with Crippen LogP contribution in [0.25, 0.3) is 11.1 Å². The number of carbonyl (C=O) groups excluding carboxylic acids is 1. The number of hydrogen-bond acceptors (Lipinski definition) is 3. The molecule has 1 N–H and O–H groups in total. The van der Waals surface area contributed by atoms with E-state index in [-0.39, 0.29) is 22.7 Å². The van der Waals surface area contributed by atoms with E-state index in [2.05, 4.69) is 15.0 Å². The van der Waals surface area contributed by atoms with Gasteiger partial charge in [0, 0.05) is 5.92 Å². The minimum Gasteiger partial charge on any atom is -0.406 e. The van der Waals surface area contributed by atoms with Crippen molar-refractivity contribution in [1.82, 2.24) is 4.98 Å². The predicted octanol–water partition coefficient (Wildman–Crippen LogP) is 4.65. The van der Waals surface area contributed by atoms with Gasteiger partial charge in [-0.3, -0.25) is 4.79 Å². The van der Waals surface area contributed by atoms with Gasteiger partial charge in [-0.1, -0.05) is 23.7 Å². The zero-order valence-electron chi connectivity index (χ0n) is 12.2. The number of hydrogen-bond donors (Lipinski definition) is 1. The Balaban J connectivity index is 1.80. The third-order valence-electron chi connectivity index (χ3n) is 3.41. The Bertz CT molecular complexity index is 759. The lowest BCUT2D eigenvalue weighted by Crippen LogP contribution is -2.16. The van der Waals surface area contributed by atoms with Gasteiger partial charge in [0.2, 0.25) is 5.91 Å². The molecule has 0 aliphatic heterocycles. The van der Waals surface area contributed by atoms with E-state index in [1.165, 1.54) is 24.3 Å². The molecule has 1 aliphatic carbocycles. The van der Waals surface area contributed by atoms with E-state index < -0.39 is 6.36 Å². The Kier molecular flexibility index (Phi) is 4.36. The summed E-state index contributed by atoms with van der Waals surface area (Å²) in [5.41, 5.74) is 1.25. The molecule has 1 amide bonds. The van der Waals surface area contributed by atoms with Crippen molar-refractivity contribution in [2.45, 2.75) is 19.2 Å². The van der Waals surface area contributed by atoms with Crippen molar-refractivity contribution in [3.05, 3.63) is 41.6 Å². The molecule has 1 fully saturated rings. The molecular weight excluding hydrogens is 345 g/mol. The highest BCUT2D eigenvalue weighted by molar-refractivity contribution is 6.29. The molecule has 0 spiro atoms. The van der Waals surface area contributed by atoms with Crippen LogP contribution in [0.5, 0.6) is 5.75 Å². The minimum absolute atomic E-state index is 0.0213. The maximum Gasteiger partial charge on any atom is 0.573 e. The molecule has 1 aromatic heterocycles. The summed E-state index contributed by atoms with van der Waals surface area (Å²) >= 11 is 5.96. The van der Waals surface area contributed by atoms with Gasteiger partial charge in [0.25, 0.3) is 0 Å². The molecule has 1 aromatic carbocycles. The van der Waals surface area contributed by atoms with E-state index in [4.69, 9.17) is 11.6 Å². The van der Waals surface area contributed by atoms with Crippen LogP contribution >= 0.6 is 11.6 Å². The molecule has 1 aliphatic rings. The highest BCUT2D eigenvalue weighted by atomic mass is 35.5. The summed E-state index contributed by atoms with van der Waals surface area (Å²) < 4.78 is 40.4. The Morgan fingerprint density at radius 2 is 1.83 bits per heavy atom. The molecule has 1 heterocycles. The monoisotopic (exact) mass is 356 g/mol. The fourth-order valence-corrected chi connectivity index (χ4v) is 2.36. The fraction of sp³-hybridized carbons (Fsp3) is 0.250. The molecule has 126 valence electrons. The summed E-state index contributed by atoms with van der Waals surface area (Å²) in [6, 6.07) is 8.54. The van der Waals surface area contributed by atoms with Crippen molar-refractivity contribution in [3.8, 4) is 16.9 Å². The number of carbonyl (C=O) groups is 1. The minimum atomic E-state index is -4.73. The average Bonchev–Trinajstić information content (AvgIpc) is 3.30. The van der Waals surface area contributed by atoms with E-state index in [1.807, 2.05) is 0 Å². The molecule has 2 aromatic rings. The van der Waals surface area contributed by atoms with Gasteiger partial charge in [-0.05, 0) is 48.2 Å². The van der Waals surface area contributed by atoms with Crippen LogP contribution in [0.4, 0.5) is 19.0 Å². The maximum absolute atomic E-state index is 12.2. The number of rotatable bonds is 4. The first-order valence-electron chi connectivity index (χ1n) is 7.15. The molecule has 0 atom stereocenters. The maximum atomic E-state index is 12.2. The molecular formula is C16H12ClF3N2O2. The molecule has 8 heteroatoms. The van der Waals surface area contributed by atoms with Gasteiger partial charge in [0.15, 0.2) is 0 Å². The van der Waals surface area contributed by atoms with Gasteiger partial charge in [-0.2, -0.15) is 0 Å². The number of benzene rings is 1. The molecule has 24 heavy (non-hydrogen) atoms. The highest BCUT2D eigenvalue weighted by Gasteiger charge is 2.31. The van der Waals surface area contributed by atoms with Crippen molar-refractivity contribution in [2.75, 3.05) is 5.32 Å². The molecule has 3 rings (SSSR count). The van der Waals surface area contributed by atoms with Crippen LogP contribution < -0.4 is 10.1 Å². The average molecular weight is 357 g/mol. The summed E-state index contributed by atoms with van der Waals surface area (Å²) in [5, 5.41) is 2.86. The number of halogens is 4. The normalized spacial score (nSPS) is 14.3. The van der Waals surface area contributed by atoms with Crippen LogP contribution in [-0.4, -0.2) is 17.3 Å². The number of ether oxygens (including phenoxy) is 1. The molecule has 4 nitrogen and oxygen atoms in total. The van der Waals surface area contributed by atoms with Gasteiger partial charge in [0.05, 0.1) is 0 Å². The van der Waals surface area contributed by atoms with Crippen molar-refractivity contribution in [3.63, 3.8) is 0 Å². The summed E-state index contributed by atoms with van der Waals surface area (Å²) in [4.78, 5) is 15.8. The number of alkyl halides is 3. The number of amides is 1. The van der Waals surface area contributed by atoms with Crippen LogP contribution in [-0.2, 0) is 4.79 Å². The van der Waals surface area contributed by atoms with E-state index in [0.29, 0.717) is 16.9 Å². The fourth-order valence-electron chi connectivity index (χ4n) is 2.15. The van der Waals surface area contributed by atoms with Crippen LogP contribution in [0.3, 0.4) is 0 Å². The van der Waals surface area contributed by atoms with Crippen LogP contribution in [0.2, 0.25) is 5.15 Å². The standard InChI is InChI=1S/C16H12ClF3N2O2/c17-13-7-11(8-14(21-13)22-15(23)10-1-2-10)9-3-5-12(6-4-9)24-16(18,19)20/h3-8,10H,1-2H2,(H,21,22,23). The lowest BCUT2D eigenvalue weighted by atomic mass is 10.1. The molecule has 0 saturated heterocycles. The van der Waals surface area contributed by atoms with Crippen molar-refractivity contribution in [1.29, 1.82) is 0 Å². The molecule has 0 radical (unpaired) electrons. The Hall–Kier alpha value is -2.28. The van der Waals surface area contributed by atoms with Crippen LogP contribution in [0.1, 0.15) is 12.8 Å². The van der Waals surface area contributed by atoms with Gasteiger partial charge in [-0.15, -0.1) is 13.2 Å². The van der Waals surface area contributed by atoms with Crippen molar-refractivity contribution in [2.24, 2.45) is 5.92 Å². The van der Waals surface area contributed by atoms with Gasteiger partial charge in [-0.25, -0.2) is 4.98 Å². The Morgan fingerprint density at radius 3 is 2.42 bits per heavy atom. The first-order chi connectivity index (χ1) is 11.3. The lowest BCUT2D eigenvalue weighted by molar-refractivity contribution is -0.274. The number of nitrogens with one attached hydrogen (secondary N) is 1. The second-order valence-electron chi connectivity index (χ2n) is 5.40. The number of aromatic nitrogens is 1. The first kappa shape index (κ1) is 16.6. The van der Waals surface area contributed by atoms with E-state index in [1.54, 1.807) is 12.1 Å². The largest absolute Gasteiger partial charge is 0.573 e. The van der Waals surface area contributed by atoms with E-state index >= 15 is 0 Å². The molecule has 1 saturated carbocycles. The lowest BCUT2D eigenvalue weighted by Gasteiger charge is -2.10. The third kappa shape index (κ3) is 4.38.